The fourth-order valence-electron chi connectivity index (χ4n) is 2.20. The Morgan fingerprint density at radius 3 is 2.36 bits per heavy atom. The molecule has 0 radical (unpaired) electrons. The molecule has 0 aliphatic heterocycles. The molecule has 0 atom stereocenters. The standard InChI is InChI=1S/C16H20N6O2S/c1-11-9-12(2)19-15(18-11)21(20-16(17-3)25-4)10-13-5-7-14(8-6-13)22(23)24/h5-9H,10H2,1-4H3,(H,17,20). The third-order valence-electron chi connectivity index (χ3n) is 3.33. The van der Waals surface area contributed by atoms with Gasteiger partial charge in [-0.2, -0.15) is 0 Å². The van der Waals surface area contributed by atoms with Crippen molar-refractivity contribution in [2.45, 2.75) is 20.4 Å². The van der Waals surface area contributed by atoms with Gasteiger partial charge in [0.25, 0.3) is 5.69 Å². The Balaban J connectivity index is 2.32. The van der Waals surface area contributed by atoms with Crippen LogP contribution in [0.4, 0.5) is 11.6 Å². The molecular weight excluding hydrogens is 340 g/mol. The average molecular weight is 360 g/mol. The van der Waals surface area contributed by atoms with Gasteiger partial charge in [-0.3, -0.25) is 20.5 Å². The van der Waals surface area contributed by atoms with Gasteiger partial charge in [-0.05, 0) is 31.7 Å². The highest BCUT2D eigenvalue weighted by atomic mass is 32.2. The van der Waals surface area contributed by atoms with Crippen LogP contribution < -0.4 is 10.4 Å². The van der Waals surface area contributed by atoms with E-state index in [1.165, 1.54) is 23.9 Å². The highest BCUT2D eigenvalue weighted by Gasteiger charge is 2.14. The summed E-state index contributed by atoms with van der Waals surface area (Å²) in [5, 5.41) is 13.3. The minimum Gasteiger partial charge on any atom is -0.274 e. The predicted molar refractivity (Wildman–Crippen MR) is 101 cm³/mol. The number of anilines is 1. The Kier molecular flexibility index (Phi) is 6.29. The van der Waals surface area contributed by atoms with Crippen LogP contribution in [0, 0.1) is 24.0 Å². The van der Waals surface area contributed by atoms with E-state index in [0.717, 1.165) is 17.0 Å². The molecule has 0 saturated carbocycles. The lowest BCUT2D eigenvalue weighted by atomic mass is 10.2. The molecule has 132 valence electrons. The van der Waals surface area contributed by atoms with Crippen molar-refractivity contribution in [1.82, 2.24) is 15.4 Å². The topological polar surface area (TPSA) is 96.5 Å². The fourth-order valence-corrected chi connectivity index (χ4v) is 2.58. The zero-order valence-electron chi connectivity index (χ0n) is 14.6. The first-order valence-corrected chi connectivity index (χ1v) is 8.76. The van der Waals surface area contributed by atoms with Crippen LogP contribution in [0.15, 0.2) is 35.3 Å². The molecule has 2 aromatic rings. The molecule has 0 fully saturated rings. The molecule has 2 rings (SSSR count). The van der Waals surface area contributed by atoms with Gasteiger partial charge >= 0.3 is 0 Å². The number of aliphatic imine (C=N–C) groups is 1. The van der Waals surface area contributed by atoms with Crippen LogP contribution in [-0.2, 0) is 6.54 Å². The van der Waals surface area contributed by atoms with Gasteiger partial charge in [0.05, 0.1) is 11.5 Å². The number of nitrogens with one attached hydrogen (secondary N) is 1. The molecule has 0 spiro atoms. The predicted octanol–water partition coefficient (Wildman–Crippen LogP) is 2.86. The van der Waals surface area contributed by atoms with Crippen molar-refractivity contribution in [1.29, 1.82) is 0 Å². The molecule has 1 heterocycles. The smallest absolute Gasteiger partial charge is 0.269 e. The van der Waals surface area contributed by atoms with Crippen LogP contribution in [0.2, 0.25) is 0 Å². The lowest BCUT2D eigenvalue weighted by Gasteiger charge is -2.25. The summed E-state index contributed by atoms with van der Waals surface area (Å²) in [4.78, 5) is 23.5. The molecule has 1 N–H and O–H groups in total. The van der Waals surface area contributed by atoms with Crippen LogP contribution in [0.25, 0.3) is 0 Å². The molecular formula is C16H20N6O2S. The Morgan fingerprint density at radius 2 is 1.88 bits per heavy atom. The summed E-state index contributed by atoms with van der Waals surface area (Å²) in [6.45, 7) is 4.25. The van der Waals surface area contributed by atoms with Gasteiger partial charge in [0.2, 0.25) is 5.95 Å². The third kappa shape index (κ3) is 5.15. The second kappa shape index (κ2) is 8.43. The Labute approximate surface area is 150 Å². The van der Waals surface area contributed by atoms with Crippen LogP contribution in [0.5, 0.6) is 0 Å². The molecule has 9 heteroatoms. The van der Waals surface area contributed by atoms with Crippen LogP contribution >= 0.6 is 11.8 Å². The van der Waals surface area contributed by atoms with Crippen molar-refractivity contribution in [3.8, 4) is 0 Å². The molecule has 0 bridgehead atoms. The summed E-state index contributed by atoms with van der Waals surface area (Å²) in [6.07, 6.45) is 1.92. The molecule has 0 amide bonds. The number of hydrazine groups is 1. The zero-order chi connectivity index (χ0) is 18.4. The number of aromatic nitrogens is 2. The largest absolute Gasteiger partial charge is 0.274 e. The van der Waals surface area contributed by atoms with Crippen molar-refractivity contribution in [3.63, 3.8) is 0 Å². The first-order valence-electron chi connectivity index (χ1n) is 7.53. The van der Waals surface area contributed by atoms with E-state index >= 15 is 0 Å². The number of nitrogens with zero attached hydrogens (tertiary/aromatic N) is 5. The van der Waals surface area contributed by atoms with E-state index in [2.05, 4.69) is 20.4 Å². The number of nitro groups is 1. The first-order chi connectivity index (χ1) is 11.9. The summed E-state index contributed by atoms with van der Waals surface area (Å²) >= 11 is 1.47. The molecule has 8 nitrogen and oxygen atoms in total. The number of hydrogen-bond donors (Lipinski definition) is 1. The van der Waals surface area contributed by atoms with Gasteiger partial charge in [-0.25, -0.2) is 15.0 Å². The van der Waals surface area contributed by atoms with Gasteiger partial charge < -0.3 is 0 Å². The number of rotatable bonds is 5. The lowest BCUT2D eigenvalue weighted by molar-refractivity contribution is -0.384. The Morgan fingerprint density at radius 1 is 1.28 bits per heavy atom. The summed E-state index contributed by atoms with van der Waals surface area (Å²) in [5.41, 5.74) is 5.86. The third-order valence-corrected chi connectivity index (χ3v) is 3.99. The summed E-state index contributed by atoms with van der Waals surface area (Å²) < 4.78 is 0. The molecule has 1 aromatic carbocycles. The Hall–Kier alpha value is -2.68. The highest BCUT2D eigenvalue weighted by Crippen LogP contribution is 2.16. The first kappa shape index (κ1) is 18.7. The minimum absolute atomic E-state index is 0.0610. The van der Waals surface area contributed by atoms with Gasteiger partial charge in [-0.1, -0.05) is 23.9 Å². The molecule has 1 aromatic heterocycles. The Bertz CT molecular complexity index is 758. The maximum atomic E-state index is 10.8. The van der Waals surface area contributed by atoms with Gasteiger partial charge in [-0.15, -0.1) is 0 Å². The molecule has 0 aliphatic carbocycles. The summed E-state index contributed by atoms with van der Waals surface area (Å²) in [6, 6.07) is 8.31. The maximum absolute atomic E-state index is 10.8. The van der Waals surface area contributed by atoms with Crippen molar-refractivity contribution in [3.05, 3.63) is 57.4 Å². The summed E-state index contributed by atoms with van der Waals surface area (Å²) in [5.74, 6) is 0.519. The number of hydrogen-bond acceptors (Lipinski definition) is 7. The monoisotopic (exact) mass is 360 g/mol. The van der Waals surface area contributed by atoms with E-state index in [0.29, 0.717) is 17.7 Å². The molecule has 0 aliphatic rings. The van der Waals surface area contributed by atoms with Crippen molar-refractivity contribution >= 4 is 28.6 Å². The number of benzene rings is 1. The fraction of sp³-hybridized carbons (Fsp3) is 0.312. The molecule has 0 saturated heterocycles. The van der Waals surface area contributed by atoms with Crippen LogP contribution in [-0.4, -0.2) is 33.4 Å². The molecule has 25 heavy (non-hydrogen) atoms. The average Bonchev–Trinajstić information content (AvgIpc) is 2.58. The van der Waals surface area contributed by atoms with Crippen molar-refractivity contribution < 1.29 is 4.92 Å². The van der Waals surface area contributed by atoms with E-state index in [4.69, 9.17) is 0 Å². The minimum atomic E-state index is -0.414. The lowest BCUT2D eigenvalue weighted by Crippen LogP contribution is -2.42. The zero-order valence-corrected chi connectivity index (χ0v) is 15.4. The number of aryl methyl sites for hydroxylation is 2. The molecule has 0 unspecified atom stereocenters. The van der Waals surface area contributed by atoms with Gasteiger partial charge in [0, 0.05) is 30.6 Å². The second-order valence-electron chi connectivity index (χ2n) is 5.31. The van der Waals surface area contributed by atoms with E-state index in [9.17, 15) is 10.1 Å². The van der Waals surface area contributed by atoms with Gasteiger partial charge in [0.15, 0.2) is 5.17 Å². The number of nitro benzene ring substituents is 1. The van der Waals surface area contributed by atoms with Crippen LogP contribution in [0.1, 0.15) is 17.0 Å². The van der Waals surface area contributed by atoms with Gasteiger partial charge in [0.1, 0.15) is 0 Å². The van der Waals surface area contributed by atoms with E-state index < -0.39 is 4.92 Å². The normalized spacial score (nSPS) is 11.3. The highest BCUT2D eigenvalue weighted by molar-refractivity contribution is 8.13. The maximum Gasteiger partial charge on any atom is 0.269 e. The number of amidine groups is 1. The summed E-state index contributed by atoms with van der Waals surface area (Å²) in [7, 11) is 1.70. The van der Waals surface area contributed by atoms with Crippen LogP contribution in [0.3, 0.4) is 0 Å². The van der Waals surface area contributed by atoms with Crippen molar-refractivity contribution in [2.24, 2.45) is 4.99 Å². The quantitative estimate of drug-likeness (QED) is 0.379. The number of non-ortho nitro benzene ring substituents is 1. The van der Waals surface area contributed by atoms with E-state index in [1.54, 1.807) is 24.2 Å². The van der Waals surface area contributed by atoms with E-state index in [-0.39, 0.29) is 5.69 Å². The second-order valence-corrected chi connectivity index (χ2v) is 6.10. The SMILES string of the molecule is CN=C(NN(Cc1ccc([N+](=O)[O-])cc1)c1nc(C)cc(C)n1)SC. The van der Waals surface area contributed by atoms with Crippen molar-refractivity contribution in [2.75, 3.05) is 18.3 Å². The number of thioether (sulfide) groups is 1. The van der Waals surface area contributed by atoms with E-state index in [1.807, 2.05) is 26.2 Å².